The van der Waals surface area contributed by atoms with Crippen LogP contribution < -0.4 is 5.32 Å². The third kappa shape index (κ3) is 44.9. The maximum absolute atomic E-state index is 12.5. The fourth-order valence-electron chi connectivity index (χ4n) is 8.82. The predicted octanol–water partition coefficient (Wildman–Crippen LogP) is 16.2. The highest BCUT2D eigenvalue weighted by Gasteiger charge is 2.21. The molecule has 4 N–H and O–H groups in total. The van der Waals surface area contributed by atoms with Crippen LogP contribution in [-0.2, 0) is 4.79 Å². The molecule has 5 heteroatoms. The first-order valence-corrected chi connectivity index (χ1v) is 26.8. The van der Waals surface area contributed by atoms with Gasteiger partial charge in [-0.3, -0.25) is 4.79 Å². The second-order valence-corrected chi connectivity index (χ2v) is 18.9. The van der Waals surface area contributed by atoms with Crippen LogP contribution in [0.25, 0.3) is 0 Å². The van der Waals surface area contributed by atoms with Gasteiger partial charge in [0, 0.05) is 0 Å². The van der Waals surface area contributed by atoms with Gasteiger partial charge in [0.25, 0.3) is 0 Å². The van der Waals surface area contributed by atoms with Crippen molar-refractivity contribution in [2.45, 2.75) is 327 Å². The smallest absolute Gasteiger partial charge is 0.222 e. The van der Waals surface area contributed by atoms with E-state index in [1.807, 2.05) is 0 Å². The summed E-state index contributed by atoms with van der Waals surface area (Å²) in [6, 6.07) is -0.653. The molecular weight excluding hydrogens is 715 g/mol. The molecule has 0 aromatic rings. The zero-order chi connectivity index (χ0) is 42.3. The van der Waals surface area contributed by atoms with Crippen LogP contribution in [0.4, 0.5) is 0 Å². The van der Waals surface area contributed by atoms with Crippen LogP contribution in [0.15, 0.2) is 0 Å². The van der Waals surface area contributed by atoms with Crippen LogP contribution >= 0.6 is 0 Å². The van der Waals surface area contributed by atoms with Crippen LogP contribution in [-0.4, -0.2) is 46.1 Å². The van der Waals surface area contributed by atoms with Gasteiger partial charge in [0.05, 0.1) is 31.3 Å². The van der Waals surface area contributed by atoms with Crippen molar-refractivity contribution >= 4 is 5.91 Å². The molecule has 3 atom stereocenters. The molecule has 3 unspecified atom stereocenters. The summed E-state index contributed by atoms with van der Waals surface area (Å²) in [4.78, 5) is 12.5. The zero-order valence-corrected chi connectivity index (χ0v) is 39.7. The Balaban J connectivity index is 3.49. The van der Waals surface area contributed by atoms with E-state index >= 15 is 0 Å². The fourth-order valence-corrected chi connectivity index (χ4v) is 8.82. The van der Waals surface area contributed by atoms with Gasteiger partial charge in [-0.2, -0.15) is 0 Å². The van der Waals surface area contributed by atoms with E-state index in [2.05, 4.69) is 19.2 Å². The van der Waals surface area contributed by atoms with Gasteiger partial charge in [-0.25, -0.2) is 0 Å². The Morgan fingerprint density at radius 3 is 0.828 bits per heavy atom. The molecule has 1 amide bonds. The fraction of sp³-hybridized carbons (Fsp3) is 0.981. The average Bonchev–Trinajstić information content (AvgIpc) is 3.22. The van der Waals surface area contributed by atoms with E-state index < -0.39 is 18.2 Å². The summed E-state index contributed by atoms with van der Waals surface area (Å²) in [6.07, 6.45) is 58.2. The molecule has 0 aromatic carbocycles. The maximum atomic E-state index is 12.5. The van der Waals surface area contributed by atoms with Crippen molar-refractivity contribution in [3.63, 3.8) is 0 Å². The van der Waals surface area contributed by atoms with Crippen molar-refractivity contribution in [1.82, 2.24) is 5.32 Å². The molecule has 0 aliphatic rings. The Kier molecular flexibility index (Phi) is 48.5. The van der Waals surface area contributed by atoms with E-state index in [9.17, 15) is 20.1 Å². The number of nitrogens with one attached hydrogen (secondary N) is 1. The lowest BCUT2D eigenvalue weighted by molar-refractivity contribution is -0.125. The summed E-state index contributed by atoms with van der Waals surface area (Å²) >= 11 is 0. The van der Waals surface area contributed by atoms with Gasteiger partial charge in [0.1, 0.15) is 0 Å². The molecule has 0 heterocycles. The number of aliphatic hydroxyl groups is 3. The first-order valence-electron chi connectivity index (χ1n) is 26.8. The van der Waals surface area contributed by atoms with Gasteiger partial charge in [0.15, 0.2) is 0 Å². The van der Waals surface area contributed by atoms with Crippen LogP contribution in [0.2, 0.25) is 0 Å². The Hall–Kier alpha value is -0.650. The van der Waals surface area contributed by atoms with Crippen molar-refractivity contribution in [1.29, 1.82) is 0 Å². The SMILES string of the molecule is CCCCCCCCCCCCCCCCCCCCCCCCCCCCC(O)CC(=O)NC(CO)C(O)CCCCCCCCCCCCCCCCCCC. The van der Waals surface area contributed by atoms with E-state index in [1.54, 1.807) is 0 Å². The highest BCUT2D eigenvalue weighted by atomic mass is 16.3. The summed E-state index contributed by atoms with van der Waals surface area (Å²) in [5, 5.41) is 33.6. The van der Waals surface area contributed by atoms with Gasteiger partial charge in [0.2, 0.25) is 5.91 Å². The molecule has 0 fully saturated rings. The van der Waals surface area contributed by atoms with Crippen LogP contribution in [0, 0.1) is 0 Å². The topological polar surface area (TPSA) is 89.8 Å². The lowest BCUT2D eigenvalue weighted by Gasteiger charge is -2.23. The van der Waals surface area contributed by atoms with Crippen LogP contribution in [0.5, 0.6) is 0 Å². The summed E-state index contributed by atoms with van der Waals surface area (Å²) in [5.74, 6) is -0.275. The van der Waals surface area contributed by atoms with E-state index in [1.165, 1.54) is 250 Å². The average molecular weight is 822 g/mol. The zero-order valence-electron chi connectivity index (χ0n) is 39.7. The molecule has 0 radical (unpaired) electrons. The number of carbonyl (C=O) groups excluding carboxylic acids is 1. The number of hydrogen-bond donors (Lipinski definition) is 4. The number of aliphatic hydroxyl groups excluding tert-OH is 3. The van der Waals surface area contributed by atoms with E-state index in [-0.39, 0.29) is 18.9 Å². The van der Waals surface area contributed by atoms with Crippen LogP contribution in [0.1, 0.15) is 309 Å². The molecule has 0 bridgehead atoms. The summed E-state index contributed by atoms with van der Waals surface area (Å²) < 4.78 is 0. The normalized spacial score (nSPS) is 13.3. The third-order valence-corrected chi connectivity index (χ3v) is 12.9. The number of unbranched alkanes of at least 4 members (excludes halogenated alkanes) is 41. The highest BCUT2D eigenvalue weighted by Crippen LogP contribution is 2.18. The molecule has 5 nitrogen and oxygen atoms in total. The molecule has 58 heavy (non-hydrogen) atoms. The van der Waals surface area contributed by atoms with Crippen LogP contribution in [0.3, 0.4) is 0 Å². The first-order chi connectivity index (χ1) is 28.5. The minimum absolute atomic E-state index is 0.0434. The van der Waals surface area contributed by atoms with Crippen molar-refractivity contribution in [3.8, 4) is 0 Å². The monoisotopic (exact) mass is 822 g/mol. The first kappa shape index (κ1) is 57.3. The number of hydrogen-bond acceptors (Lipinski definition) is 4. The van der Waals surface area contributed by atoms with E-state index in [4.69, 9.17) is 0 Å². The lowest BCUT2D eigenvalue weighted by atomic mass is 10.0. The minimum Gasteiger partial charge on any atom is -0.394 e. The van der Waals surface area contributed by atoms with E-state index in [0.29, 0.717) is 12.8 Å². The predicted molar refractivity (Wildman–Crippen MR) is 255 cm³/mol. The number of amides is 1. The summed E-state index contributed by atoms with van der Waals surface area (Å²) in [7, 11) is 0. The van der Waals surface area contributed by atoms with Crippen molar-refractivity contribution in [2.75, 3.05) is 6.61 Å². The summed E-state index contributed by atoms with van der Waals surface area (Å²) in [5.41, 5.74) is 0. The Morgan fingerprint density at radius 1 is 0.362 bits per heavy atom. The Bertz CT molecular complexity index is 777. The molecule has 0 aliphatic carbocycles. The molecule has 0 saturated carbocycles. The number of rotatable bonds is 50. The Labute approximate surface area is 364 Å². The van der Waals surface area contributed by atoms with Gasteiger partial charge >= 0.3 is 0 Å². The van der Waals surface area contributed by atoms with Gasteiger partial charge < -0.3 is 20.6 Å². The molecule has 0 rings (SSSR count). The van der Waals surface area contributed by atoms with Gasteiger partial charge in [-0.05, 0) is 12.8 Å². The van der Waals surface area contributed by atoms with Crippen molar-refractivity contribution in [2.24, 2.45) is 0 Å². The quantitative estimate of drug-likeness (QED) is 0.0460. The molecule has 0 aliphatic heterocycles. The second kappa shape index (κ2) is 49.0. The molecule has 0 aromatic heterocycles. The highest BCUT2D eigenvalue weighted by molar-refractivity contribution is 5.76. The molecule has 0 saturated heterocycles. The lowest BCUT2D eigenvalue weighted by Crippen LogP contribution is -2.46. The largest absolute Gasteiger partial charge is 0.394 e. The van der Waals surface area contributed by atoms with Crippen molar-refractivity contribution < 1.29 is 20.1 Å². The van der Waals surface area contributed by atoms with E-state index in [0.717, 1.165) is 25.7 Å². The number of carbonyl (C=O) groups is 1. The maximum Gasteiger partial charge on any atom is 0.222 e. The second-order valence-electron chi connectivity index (χ2n) is 18.9. The van der Waals surface area contributed by atoms with Crippen molar-refractivity contribution in [3.05, 3.63) is 0 Å². The molecule has 348 valence electrons. The molecular formula is C53H107NO4. The Morgan fingerprint density at radius 2 is 0.586 bits per heavy atom. The standard InChI is InChI=1S/C53H107NO4/c1-3-5-7-9-11-13-15-17-19-21-22-23-24-25-26-27-28-29-31-32-34-36-38-40-42-44-46-50(56)48-53(58)54-51(49-55)52(57)47-45-43-41-39-37-35-33-30-20-18-16-14-12-10-8-6-4-2/h50-52,55-57H,3-49H2,1-2H3,(H,54,58). The van der Waals surface area contributed by atoms with Gasteiger partial charge in [-0.15, -0.1) is 0 Å². The minimum atomic E-state index is -0.744. The summed E-state index contributed by atoms with van der Waals surface area (Å²) in [6.45, 7) is 4.30. The van der Waals surface area contributed by atoms with Gasteiger partial charge in [-0.1, -0.05) is 290 Å². The molecule has 0 spiro atoms. The third-order valence-electron chi connectivity index (χ3n) is 12.9.